The Morgan fingerprint density at radius 2 is 1.58 bits per heavy atom. The fourth-order valence-corrected chi connectivity index (χ4v) is 4.11. The van der Waals surface area contributed by atoms with Gasteiger partial charge in [0.1, 0.15) is 5.69 Å². The zero-order chi connectivity index (χ0) is 21.8. The number of thioether (sulfide) groups is 1. The number of carbonyl (C=O) groups is 2. The summed E-state index contributed by atoms with van der Waals surface area (Å²) < 4.78 is 2.03. The highest BCUT2D eigenvalue weighted by atomic mass is 32.2. The van der Waals surface area contributed by atoms with Crippen molar-refractivity contribution in [3.63, 3.8) is 0 Å². The molecule has 0 aliphatic rings. The third-order valence-corrected chi connectivity index (χ3v) is 6.04. The molecule has 1 N–H and O–H groups in total. The van der Waals surface area contributed by atoms with E-state index < -0.39 is 0 Å². The predicted molar refractivity (Wildman–Crippen MR) is 127 cm³/mol. The highest BCUT2D eigenvalue weighted by molar-refractivity contribution is 8.13. The molecular weight excluding hydrogens is 406 g/mol. The van der Waals surface area contributed by atoms with E-state index in [-0.39, 0.29) is 11.1 Å². The first-order chi connectivity index (χ1) is 15.0. The molecule has 0 aliphatic heterocycles. The van der Waals surface area contributed by atoms with Gasteiger partial charge in [0.15, 0.2) is 0 Å². The summed E-state index contributed by atoms with van der Waals surface area (Å²) in [5, 5.41) is 3.92. The van der Waals surface area contributed by atoms with Gasteiger partial charge in [-0.15, -0.1) is 0 Å². The van der Waals surface area contributed by atoms with Gasteiger partial charge in [0.2, 0.25) is 0 Å². The smallest absolute Gasteiger partial charge is 0.286 e. The van der Waals surface area contributed by atoms with Gasteiger partial charge in [-0.05, 0) is 41.6 Å². The molecule has 1 heterocycles. The molecule has 4 rings (SSSR count). The lowest BCUT2D eigenvalue weighted by Crippen LogP contribution is -2.19. The van der Waals surface area contributed by atoms with Gasteiger partial charge in [-0.2, -0.15) is 0 Å². The van der Waals surface area contributed by atoms with E-state index in [4.69, 9.17) is 0 Å². The maximum absolute atomic E-state index is 13.3. The van der Waals surface area contributed by atoms with E-state index in [9.17, 15) is 9.59 Å². The number of fused-ring (bicyclic) bond motifs is 1. The quantitative estimate of drug-likeness (QED) is 0.413. The zero-order valence-corrected chi connectivity index (χ0v) is 18.2. The molecule has 0 saturated heterocycles. The van der Waals surface area contributed by atoms with Gasteiger partial charge < -0.3 is 14.8 Å². The minimum atomic E-state index is -0.211. The van der Waals surface area contributed by atoms with E-state index in [1.54, 1.807) is 14.1 Å². The van der Waals surface area contributed by atoms with Crippen LogP contribution in [0.5, 0.6) is 0 Å². The molecule has 0 unspecified atom stereocenters. The van der Waals surface area contributed by atoms with Crippen molar-refractivity contribution in [1.82, 2.24) is 9.47 Å². The van der Waals surface area contributed by atoms with Crippen molar-refractivity contribution >= 4 is 39.5 Å². The minimum Gasteiger partial charge on any atom is -0.339 e. The normalized spacial score (nSPS) is 10.8. The van der Waals surface area contributed by atoms with Crippen molar-refractivity contribution in [3.8, 4) is 0 Å². The van der Waals surface area contributed by atoms with Crippen LogP contribution >= 0.6 is 11.8 Å². The largest absolute Gasteiger partial charge is 0.339 e. The summed E-state index contributed by atoms with van der Waals surface area (Å²) >= 11 is 1.09. The molecule has 1 aromatic heterocycles. The van der Waals surface area contributed by atoms with E-state index in [1.807, 2.05) is 77.4 Å². The molecule has 0 radical (unpaired) electrons. The molecule has 0 saturated carbocycles. The molecule has 0 atom stereocenters. The van der Waals surface area contributed by atoms with Gasteiger partial charge in [-0.25, -0.2) is 0 Å². The van der Waals surface area contributed by atoms with Crippen molar-refractivity contribution in [2.24, 2.45) is 0 Å². The maximum Gasteiger partial charge on any atom is 0.286 e. The predicted octanol–water partition coefficient (Wildman–Crippen LogP) is 5.72. The monoisotopic (exact) mass is 429 g/mol. The third-order valence-electron chi connectivity index (χ3n) is 4.92. The first-order valence-corrected chi connectivity index (χ1v) is 10.8. The average Bonchev–Trinajstić information content (AvgIpc) is 3.14. The minimum absolute atomic E-state index is 0.0973. The highest BCUT2D eigenvalue weighted by Gasteiger charge is 2.18. The fourth-order valence-electron chi connectivity index (χ4n) is 3.37. The summed E-state index contributed by atoms with van der Waals surface area (Å²) in [5.41, 5.74) is 3.31. The van der Waals surface area contributed by atoms with Crippen molar-refractivity contribution in [2.75, 3.05) is 19.4 Å². The number of aromatic nitrogens is 1. The lowest BCUT2D eigenvalue weighted by atomic mass is 10.2. The highest BCUT2D eigenvalue weighted by Crippen LogP contribution is 2.30. The summed E-state index contributed by atoms with van der Waals surface area (Å²) in [6.45, 7) is 0.590. The first-order valence-electron chi connectivity index (χ1n) is 9.94. The Morgan fingerprint density at radius 1 is 0.903 bits per heavy atom. The van der Waals surface area contributed by atoms with Gasteiger partial charge >= 0.3 is 0 Å². The van der Waals surface area contributed by atoms with Crippen LogP contribution in [-0.4, -0.2) is 34.7 Å². The second kappa shape index (κ2) is 9.10. The van der Waals surface area contributed by atoms with Gasteiger partial charge in [0.05, 0.1) is 5.69 Å². The number of hydrogen-bond donors (Lipinski definition) is 1. The van der Waals surface area contributed by atoms with Crippen LogP contribution in [0.1, 0.15) is 16.1 Å². The fraction of sp³-hybridized carbons (Fsp3) is 0.120. The molecule has 0 aliphatic carbocycles. The van der Waals surface area contributed by atoms with Crippen molar-refractivity contribution < 1.29 is 9.59 Å². The molecular formula is C25H23N3O2S. The number of anilines is 1. The summed E-state index contributed by atoms with van der Waals surface area (Å²) in [7, 11) is 3.41. The summed E-state index contributed by atoms with van der Waals surface area (Å²) in [4.78, 5) is 27.7. The van der Waals surface area contributed by atoms with Gasteiger partial charge in [-0.1, -0.05) is 60.7 Å². The Bertz CT molecular complexity index is 1230. The number of hydrogen-bond acceptors (Lipinski definition) is 3. The standard InChI is InChI=1S/C25H23N3O2S/c1-27(2)25(30)31-23-15-9-7-13-20(23)26-24(29)22-16-19-12-6-8-14-21(19)28(22)17-18-10-4-3-5-11-18/h3-16H,17H2,1-2H3,(H,26,29). The molecule has 2 amide bonds. The molecule has 0 bridgehead atoms. The number of benzene rings is 3. The Kier molecular flexibility index (Phi) is 6.09. The number of amides is 2. The summed E-state index contributed by atoms with van der Waals surface area (Å²) in [6, 6.07) is 27.3. The van der Waals surface area contributed by atoms with E-state index >= 15 is 0 Å². The molecule has 3 aromatic carbocycles. The van der Waals surface area contributed by atoms with Gasteiger partial charge in [-0.3, -0.25) is 9.59 Å². The zero-order valence-electron chi connectivity index (χ0n) is 17.4. The van der Waals surface area contributed by atoms with Crippen LogP contribution in [-0.2, 0) is 6.54 Å². The average molecular weight is 430 g/mol. The lowest BCUT2D eigenvalue weighted by Gasteiger charge is -2.14. The molecule has 31 heavy (non-hydrogen) atoms. The number of nitrogens with zero attached hydrogens (tertiary/aromatic N) is 2. The molecule has 6 heteroatoms. The number of para-hydroxylation sites is 2. The van der Waals surface area contributed by atoms with Gasteiger partial charge in [0.25, 0.3) is 11.1 Å². The van der Waals surface area contributed by atoms with E-state index in [1.165, 1.54) is 4.90 Å². The second-order valence-electron chi connectivity index (χ2n) is 7.37. The Hall–Kier alpha value is -3.51. The number of nitrogens with one attached hydrogen (secondary N) is 1. The molecule has 4 aromatic rings. The van der Waals surface area contributed by atoms with Crippen LogP contribution in [0.2, 0.25) is 0 Å². The van der Waals surface area contributed by atoms with Crippen LogP contribution in [0.4, 0.5) is 10.5 Å². The molecule has 0 spiro atoms. The Labute approximate surface area is 185 Å². The van der Waals surface area contributed by atoms with Crippen molar-refractivity contribution in [3.05, 3.63) is 96.2 Å². The topological polar surface area (TPSA) is 54.3 Å². The number of rotatable bonds is 5. The molecule has 5 nitrogen and oxygen atoms in total. The SMILES string of the molecule is CN(C)C(=O)Sc1ccccc1NC(=O)c1cc2ccccc2n1Cc1ccccc1. The second-order valence-corrected chi connectivity index (χ2v) is 8.37. The Morgan fingerprint density at radius 3 is 2.35 bits per heavy atom. The van der Waals surface area contributed by atoms with Gasteiger partial charge in [0, 0.05) is 36.4 Å². The van der Waals surface area contributed by atoms with E-state index in [0.29, 0.717) is 22.8 Å². The van der Waals surface area contributed by atoms with Crippen LogP contribution in [0.15, 0.2) is 89.8 Å². The first kappa shape index (κ1) is 20.8. The number of carbonyl (C=O) groups excluding carboxylic acids is 2. The summed E-state index contributed by atoms with van der Waals surface area (Å²) in [5.74, 6) is -0.211. The van der Waals surface area contributed by atoms with Crippen LogP contribution in [0.25, 0.3) is 10.9 Å². The maximum atomic E-state index is 13.3. The Balaban J connectivity index is 1.68. The van der Waals surface area contributed by atoms with Crippen molar-refractivity contribution in [2.45, 2.75) is 11.4 Å². The summed E-state index contributed by atoms with van der Waals surface area (Å²) in [6.07, 6.45) is 0. The third kappa shape index (κ3) is 4.64. The molecule has 156 valence electrons. The van der Waals surface area contributed by atoms with Crippen LogP contribution < -0.4 is 5.32 Å². The van der Waals surface area contributed by atoms with Crippen LogP contribution in [0.3, 0.4) is 0 Å². The lowest BCUT2D eigenvalue weighted by molar-refractivity contribution is 0.101. The van der Waals surface area contributed by atoms with E-state index in [2.05, 4.69) is 17.4 Å². The van der Waals surface area contributed by atoms with E-state index in [0.717, 1.165) is 28.2 Å². The van der Waals surface area contributed by atoms with Crippen molar-refractivity contribution in [1.29, 1.82) is 0 Å². The van der Waals surface area contributed by atoms with Crippen LogP contribution in [0, 0.1) is 0 Å². The molecule has 0 fully saturated rings.